The van der Waals surface area contributed by atoms with E-state index in [9.17, 15) is 0 Å². The third-order valence-corrected chi connectivity index (χ3v) is 3.01. The van der Waals surface area contributed by atoms with Crippen LogP contribution in [0.15, 0.2) is 6.33 Å². The minimum Gasteiger partial charge on any atom is -0.382 e. The molecule has 0 saturated heterocycles. The van der Waals surface area contributed by atoms with E-state index in [0.717, 1.165) is 17.0 Å². The summed E-state index contributed by atoms with van der Waals surface area (Å²) in [5.41, 5.74) is 8.69. The van der Waals surface area contributed by atoms with Crippen LogP contribution in [0, 0.1) is 20.8 Å². The molecule has 0 amide bonds. The van der Waals surface area contributed by atoms with Gasteiger partial charge in [-0.1, -0.05) is 11.6 Å². The molecule has 84 valence electrons. The first-order valence-electron chi connectivity index (χ1n) is 4.81. The monoisotopic (exact) mass is 237 g/mol. The van der Waals surface area contributed by atoms with E-state index in [-0.39, 0.29) is 5.82 Å². The second kappa shape index (κ2) is 3.75. The minimum atomic E-state index is 0.261. The van der Waals surface area contributed by atoms with Gasteiger partial charge >= 0.3 is 0 Å². The molecule has 0 spiro atoms. The predicted octanol–water partition coefficient (Wildman–Crippen LogP) is 1.82. The molecule has 0 aliphatic carbocycles. The van der Waals surface area contributed by atoms with E-state index in [4.69, 9.17) is 17.3 Å². The minimum absolute atomic E-state index is 0.261. The Hall–Kier alpha value is -1.62. The van der Waals surface area contributed by atoms with Crippen LogP contribution in [0.25, 0.3) is 5.82 Å². The summed E-state index contributed by atoms with van der Waals surface area (Å²) in [4.78, 5) is 7.92. The van der Waals surface area contributed by atoms with Gasteiger partial charge in [0.25, 0.3) is 0 Å². The summed E-state index contributed by atoms with van der Waals surface area (Å²) in [5, 5.41) is 4.70. The van der Waals surface area contributed by atoms with Gasteiger partial charge in [-0.3, -0.25) is 0 Å². The van der Waals surface area contributed by atoms with Crippen LogP contribution in [0.1, 0.15) is 17.0 Å². The van der Waals surface area contributed by atoms with Crippen LogP contribution < -0.4 is 5.73 Å². The van der Waals surface area contributed by atoms with Gasteiger partial charge in [0.1, 0.15) is 17.2 Å². The van der Waals surface area contributed by atoms with Gasteiger partial charge in [0.2, 0.25) is 0 Å². The van der Waals surface area contributed by atoms with Crippen LogP contribution in [0.5, 0.6) is 0 Å². The highest BCUT2D eigenvalue weighted by molar-refractivity contribution is 6.34. The van der Waals surface area contributed by atoms with Crippen molar-refractivity contribution in [3.05, 3.63) is 28.3 Å². The van der Waals surface area contributed by atoms with Crippen molar-refractivity contribution in [3.63, 3.8) is 0 Å². The number of rotatable bonds is 1. The van der Waals surface area contributed by atoms with E-state index in [1.807, 2.05) is 20.8 Å². The molecule has 0 aromatic carbocycles. The average Bonchev–Trinajstić information content (AvgIpc) is 2.50. The molecular formula is C10H12ClN5. The third-order valence-electron chi connectivity index (χ3n) is 2.65. The fourth-order valence-corrected chi connectivity index (χ4v) is 1.63. The molecule has 0 bridgehead atoms. The molecule has 5 nitrogen and oxygen atoms in total. The Bertz CT molecular complexity index is 546. The molecule has 0 aliphatic rings. The summed E-state index contributed by atoms with van der Waals surface area (Å²) in [6.45, 7) is 5.91. The average molecular weight is 238 g/mol. The van der Waals surface area contributed by atoms with Gasteiger partial charge in [-0.2, -0.15) is 5.10 Å². The molecule has 0 aliphatic heterocycles. The summed E-state index contributed by atoms with van der Waals surface area (Å²) < 4.78 is 1.69. The quantitative estimate of drug-likeness (QED) is 0.822. The Morgan fingerprint density at radius 3 is 2.50 bits per heavy atom. The van der Waals surface area contributed by atoms with Gasteiger partial charge in [0.15, 0.2) is 5.82 Å². The van der Waals surface area contributed by atoms with Gasteiger partial charge < -0.3 is 5.73 Å². The fraction of sp³-hybridized carbons (Fsp3) is 0.300. The van der Waals surface area contributed by atoms with Gasteiger partial charge in [-0.05, 0) is 26.3 Å². The molecule has 0 fully saturated rings. The largest absolute Gasteiger partial charge is 0.382 e. The van der Waals surface area contributed by atoms with Crippen LogP contribution in [-0.4, -0.2) is 19.7 Å². The molecule has 6 heteroatoms. The maximum absolute atomic E-state index is 6.05. The molecule has 0 unspecified atom stereocenters. The Labute approximate surface area is 98.3 Å². The number of hydrogen-bond acceptors (Lipinski definition) is 4. The van der Waals surface area contributed by atoms with E-state index >= 15 is 0 Å². The van der Waals surface area contributed by atoms with Crippen LogP contribution in [0.3, 0.4) is 0 Å². The molecule has 0 atom stereocenters. The Morgan fingerprint density at radius 2 is 1.94 bits per heavy atom. The molecule has 2 heterocycles. The number of aryl methyl sites for hydroxylation is 1. The lowest BCUT2D eigenvalue weighted by Crippen LogP contribution is -2.05. The van der Waals surface area contributed by atoms with Crippen LogP contribution >= 0.6 is 11.6 Å². The molecule has 2 rings (SSSR count). The maximum atomic E-state index is 6.05. The zero-order valence-corrected chi connectivity index (χ0v) is 10.1. The number of nitrogens with zero attached hydrogens (tertiary/aromatic N) is 4. The molecule has 16 heavy (non-hydrogen) atoms. The number of nitrogen functional groups attached to an aromatic ring is 1. The van der Waals surface area contributed by atoms with Crippen molar-refractivity contribution in [2.24, 2.45) is 0 Å². The Morgan fingerprint density at radius 1 is 1.25 bits per heavy atom. The Kier molecular flexibility index (Phi) is 2.55. The summed E-state index contributed by atoms with van der Waals surface area (Å²) in [5.74, 6) is 0.778. The van der Waals surface area contributed by atoms with E-state index in [1.54, 1.807) is 4.68 Å². The lowest BCUT2D eigenvalue weighted by Gasteiger charge is -2.06. The van der Waals surface area contributed by atoms with Crippen LogP contribution in [0.2, 0.25) is 5.02 Å². The predicted molar refractivity (Wildman–Crippen MR) is 62.8 cm³/mol. The second-order valence-electron chi connectivity index (χ2n) is 3.60. The zero-order valence-electron chi connectivity index (χ0n) is 9.32. The lowest BCUT2D eigenvalue weighted by atomic mass is 10.2. The number of aromatic nitrogens is 4. The van der Waals surface area contributed by atoms with Gasteiger partial charge in [-0.25, -0.2) is 14.6 Å². The Balaban J connectivity index is 2.68. The van der Waals surface area contributed by atoms with Gasteiger partial charge in [0.05, 0.1) is 5.69 Å². The third kappa shape index (κ3) is 1.53. The molecule has 0 radical (unpaired) electrons. The van der Waals surface area contributed by atoms with Crippen molar-refractivity contribution in [3.8, 4) is 5.82 Å². The smallest absolute Gasteiger partial charge is 0.177 e. The second-order valence-corrected chi connectivity index (χ2v) is 3.98. The number of nitrogens with two attached hydrogens (primary N) is 1. The van der Waals surface area contributed by atoms with Crippen molar-refractivity contribution in [1.82, 2.24) is 19.7 Å². The van der Waals surface area contributed by atoms with E-state index in [2.05, 4.69) is 15.1 Å². The number of anilines is 1. The van der Waals surface area contributed by atoms with Crippen LogP contribution in [0.4, 0.5) is 5.82 Å². The van der Waals surface area contributed by atoms with Crippen LogP contribution in [-0.2, 0) is 0 Å². The zero-order chi connectivity index (χ0) is 11.9. The summed E-state index contributed by atoms with van der Waals surface area (Å²) in [6.07, 6.45) is 1.38. The first-order chi connectivity index (χ1) is 7.52. The van der Waals surface area contributed by atoms with Gasteiger partial charge in [0, 0.05) is 5.69 Å². The molecule has 0 saturated carbocycles. The van der Waals surface area contributed by atoms with Crippen molar-refractivity contribution >= 4 is 17.4 Å². The van der Waals surface area contributed by atoms with Crippen molar-refractivity contribution in [1.29, 1.82) is 0 Å². The van der Waals surface area contributed by atoms with E-state index in [0.29, 0.717) is 10.8 Å². The fourth-order valence-electron chi connectivity index (χ4n) is 1.45. The van der Waals surface area contributed by atoms with E-state index in [1.165, 1.54) is 6.33 Å². The van der Waals surface area contributed by atoms with Gasteiger partial charge in [-0.15, -0.1) is 0 Å². The lowest BCUT2D eigenvalue weighted by molar-refractivity contribution is 0.801. The normalized spacial score (nSPS) is 10.8. The van der Waals surface area contributed by atoms with Crippen molar-refractivity contribution in [2.75, 3.05) is 5.73 Å². The van der Waals surface area contributed by atoms with Crippen molar-refractivity contribution < 1.29 is 0 Å². The van der Waals surface area contributed by atoms with E-state index < -0.39 is 0 Å². The first kappa shape index (κ1) is 10.9. The summed E-state index contributed by atoms with van der Waals surface area (Å²) in [7, 11) is 0. The van der Waals surface area contributed by atoms with Crippen molar-refractivity contribution in [2.45, 2.75) is 20.8 Å². The first-order valence-corrected chi connectivity index (χ1v) is 5.19. The summed E-state index contributed by atoms with van der Waals surface area (Å²) in [6, 6.07) is 0. The molecule has 2 aromatic heterocycles. The topological polar surface area (TPSA) is 69.6 Å². The molecular weight excluding hydrogens is 226 g/mol. The number of halogens is 1. The maximum Gasteiger partial charge on any atom is 0.177 e. The highest BCUT2D eigenvalue weighted by atomic mass is 35.5. The molecule has 2 aromatic rings. The highest BCUT2D eigenvalue weighted by Gasteiger charge is 2.14. The highest BCUT2D eigenvalue weighted by Crippen LogP contribution is 2.24. The molecule has 2 N–H and O–H groups in total. The number of hydrogen-bond donors (Lipinski definition) is 1. The summed E-state index contributed by atoms with van der Waals surface area (Å²) >= 11 is 6.05. The standard InChI is InChI=1S/C10H12ClN5/c1-5-6(2)15-16(7(5)3)10-8(11)9(12)13-4-14-10/h4H,1-3H3,(H2,12,13,14). The SMILES string of the molecule is Cc1nn(-c2ncnc(N)c2Cl)c(C)c1C.